The third-order valence-electron chi connectivity index (χ3n) is 2.91. The normalized spacial score (nSPS) is 11.1. The van der Waals surface area contributed by atoms with Gasteiger partial charge in [-0.3, -0.25) is 4.79 Å². The summed E-state index contributed by atoms with van der Waals surface area (Å²) in [4.78, 5) is 11.7. The van der Waals surface area contributed by atoms with E-state index in [1.165, 1.54) is 11.5 Å². The third-order valence-corrected chi connectivity index (χ3v) is 3.13. The molecule has 0 radical (unpaired) electrons. The third kappa shape index (κ3) is 3.08. The maximum Gasteiger partial charge on any atom is 0.230 e. The number of fused-ring (bicyclic) bond motifs is 1. The zero-order valence-electron chi connectivity index (χ0n) is 11.8. The van der Waals surface area contributed by atoms with E-state index in [2.05, 4.69) is 15.5 Å². The molecule has 21 heavy (non-hydrogen) atoms. The van der Waals surface area contributed by atoms with Crippen LogP contribution in [-0.4, -0.2) is 27.2 Å². The zero-order valence-corrected chi connectivity index (χ0v) is 12.6. The van der Waals surface area contributed by atoms with Crippen molar-refractivity contribution in [2.75, 3.05) is 6.54 Å². The molecule has 0 atom stereocenters. The number of hydrogen-bond donors (Lipinski definition) is 2. The minimum atomic E-state index is -0.295. The SMILES string of the molecule is CCCNC(=S)N=Nc1c(O)n(C(C)=O)c2ccccc12. The van der Waals surface area contributed by atoms with Crippen molar-refractivity contribution in [1.29, 1.82) is 0 Å². The highest BCUT2D eigenvalue weighted by atomic mass is 32.1. The molecule has 0 amide bonds. The summed E-state index contributed by atoms with van der Waals surface area (Å²) in [5.41, 5.74) is 0.824. The van der Waals surface area contributed by atoms with Gasteiger partial charge in [-0.25, -0.2) is 4.57 Å². The molecule has 0 bridgehead atoms. The van der Waals surface area contributed by atoms with Gasteiger partial charge in [0.2, 0.25) is 16.9 Å². The fourth-order valence-electron chi connectivity index (χ4n) is 1.99. The molecule has 7 heteroatoms. The number of carbonyl (C=O) groups excluding carboxylic acids is 1. The molecule has 1 aromatic heterocycles. The van der Waals surface area contributed by atoms with Gasteiger partial charge in [0, 0.05) is 18.9 Å². The molecule has 6 nitrogen and oxygen atoms in total. The summed E-state index contributed by atoms with van der Waals surface area (Å²) in [7, 11) is 0. The summed E-state index contributed by atoms with van der Waals surface area (Å²) in [6.07, 6.45) is 0.921. The minimum absolute atomic E-state index is 0.231. The molecule has 0 fully saturated rings. The topological polar surface area (TPSA) is 79.0 Å². The molecule has 0 spiro atoms. The second kappa shape index (κ2) is 6.45. The van der Waals surface area contributed by atoms with E-state index < -0.39 is 0 Å². The molecule has 0 aliphatic rings. The predicted octanol–water partition coefficient (Wildman–Crippen LogP) is 3.38. The summed E-state index contributed by atoms with van der Waals surface area (Å²) >= 11 is 5.02. The first-order chi connectivity index (χ1) is 10.1. The lowest BCUT2D eigenvalue weighted by atomic mass is 10.2. The van der Waals surface area contributed by atoms with Crippen molar-refractivity contribution in [2.45, 2.75) is 20.3 Å². The van der Waals surface area contributed by atoms with Crippen LogP contribution in [0.1, 0.15) is 25.1 Å². The van der Waals surface area contributed by atoms with Gasteiger partial charge in [0.15, 0.2) is 5.69 Å². The summed E-state index contributed by atoms with van der Waals surface area (Å²) in [6, 6.07) is 7.10. The van der Waals surface area contributed by atoms with E-state index in [4.69, 9.17) is 12.2 Å². The smallest absolute Gasteiger partial charge is 0.230 e. The van der Waals surface area contributed by atoms with Gasteiger partial charge in [-0.05, 0) is 24.7 Å². The van der Waals surface area contributed by atoms with Crippen LogP contribution in [-0.2, 0) is 0 Å². The number of benzene rings is 1. The number of nitrogens with zero attached hydrogens (tertiary/aromatic N) is 3. The molecule has 0 unspecified atom stereocenters. The van der Waals surface area contributed by atoms with E-state index in [1.54, 1.807) is 24.3 Å². The molecule has 2 rings (SSSR count). The van der Waals surface area contributed by atoms with Gasteiger partial charge in [0.25, 0.3) is 0 Å². The summed E-state index contributed by atoms with van der Waals surface area (Å²) < 4.78 is 1.20. The average Bonchev–Trinajstić information content (AvgIpc) is 2.74. The molecule has 0 saturated heterocycles. The maximum atomic E-state index is 11.7. The van der Waals surface area contributed by atoms with E-state index in [9.17, 15) is 9.90 Å². The van der Waals surface area contributed by atoms with Crippen LogP contribution in [0.2, 0.25) is 0 Å². The number of nitrogens with one attached hydrogen (secondary N) is 1. The largest absolute Gasteiger partial charge is 0.493 e. The number of thiocarbonyl (C=S) groups is 1. The second-order valence-electron chi connectivity index (χ2n) is 4.48. The van der Waals surface area contributed by atoms with Crippen LogP contribution in [0, 0.1) is 0 Å². The second-order valence-corrected chi connectivity index (χ2v) is 4.86. The Hall–Kier alpha value is -2.28. The first kappa shape index (κ1) is 15.1. The lowest BCUT2D eigenvalue weighted by molar-refractivity contribution is 0.0933. The highest BCUT2D eigenvalue weighted by Gasteiger charge is 2.18. The number of azo groups is 1. The molecule has 1 heterocycles. The molecule has 110 valence electrons. The van der Waals surface area contributed by atoms with Crippen molar-refractivity contribution < 1.29 is 9.90 Å². The Bertz CT molecular complexity index is 721. The highest BCUT2D eigenvalue weighted by Crippen LogP contribution is 2.38. The van der Waals surface area contributed by atoms with E-state index in [0.717, 1.165) is 6.42 Å². The van der Waals surface area contributed by atoms with Crippen molar-refractivity contribution in [3.8, 4) is 5.88 Å². The van der Waals surface area contributed by atoms with E-state index >= 15 is 0 Å². The lowest BCUT2D eigenvalue weighted by Crippen LogP contribution is -2.19. The van der Waals surface area contributed by atoms with Gasteiger partial charge < -0.3 is 10.4 Å². The maximum absolute atomic E-state index is 11.7. The number of rotatable bonds is 3. The lowest BCUT2D eigenvalue weighted by Gasteiger charge is -2.00. The van der Waals surface area contributed by atoms with Crippen molar-refractivity contribution in [3.63, 3.8) is 0 Å². The van der Waals surface area contributed by atoms with E-state index in [0.29, 0.717) is 17.4 Å². The first-order valence-electron chi connectivity index (χ1n) is 6.59. The van der Waals surface area contributed by atoms with Crippen LogP contribution in [0.25, 0.3) is 10.9 Å². The molecule has 2 N–H and O–H groups in total. The Balaban J connectivity index is 2.45. The van der Waals surface area contributed by atoms with Gasteiger partial charge in [0.1, 0.15) is 0 Å². The standard InChI is InChI=1S/C14H16N4O2S/c1-3-8-15-14(21)17-16-12-10-6-4-5-7-11(10)18(9(2)19)13(12)20/h4-7,20H,3,8H2,1-2H3,(H,15,21). The van der Waals surface area contributed by atoms with Crippen molar-refractivity contribution in [3.05, 3.63) is 24.3 Å². The monoisotopic (exact) mass is 304 g/mol. The summed E-state index contributed by atoms with van der Waals surface area (Å²) in [6.45, 7) is 4.10. The fraction of sp³-hybridized carbons (Fsp3) is 0.286. The molecule has 2 aromatic rings. The van der Waals surface area contributed by atoms with Gasteiger partial charge in [0.05, 0.1) is 5.52 Å². The van der Waals surface area contributed by atoms with Crippen molar-refractivity contribution >= 4 is 39.8 Å². The predicted molar refractivity (Wildman–Crippen MR) is 85.3 cm³/mol. The highest BCUT2D eigenvalue weighted by molar-refractivity contribution is 7.80. The molecule has 0 saturated carbocycles. The van der Waals surface area contributed by atoms with Crippen LogP contribution in [0.5, 0.6) is 5.88 Å². The Morgan fingerprint density at radius 2 is 2.14 bits per heavy atom. The van der Waals surface area contributed by atoms with Crippen LogP contribution in [0.15, 0.2) is 34.5 Å². The van der Waals surface area contributed by atoms with Gasteiger partial charge in [-0.1, -0.05) is 25.1 Å². The minimum Gasteiger partial charge on any atom is -0.493 e. The Morgan fingerprint density at radius 1 is 1.43 bits per heavy atom. The zero-order chi connectivity index (χ0) is 15.4. The summed E-state index contributed by atoms with van der Waals surface area (Å²) in [5, 5.41) is 21.9. The number of aromatic hydroxyl groups is 1. The molecule has 0 aliphatic heterocycles. The quantitative estimate of drug-likeness (QED) is 0.673. The number of carbonyl (C=O) groups is 1. The van der Waals surface area contributed by atoms with Gasteiger partial charge in [-0.2, -0.15) is 0 Å². The van der Waals surface area contributed by atoms with Crippen LogP contribution < -0.4 is 5.32 Å². The Morgan fingerprint density at radius 3 is 2.81 bits per heavy atom. The molecular weight excluding hydrogens is 288 g/mol. The van der Waals surface area contributed by atoms with Crippen molar-refractivity contribution in [1.82, 2.24) is 9.88 Å². The Labute approximate surface area is 127 Å². The van der Waals surface area contributed by atoms with Crippen molar-refractivity contribution in [2.24, 2.45) is 10.2 Å². The van der Waals surface area contributed by atoms with E-state index in [-0.39, 0.29) is 22.6 Å². The van der Waals surface area contributed by atoms with Gasteiger partial charge in [-0.15, -0.1) is 10.2 Å². The van der Waals surface area contributed by atoms with Crippen LogP contribution in [0.4, 0.5) is 5.69 Å². The molecule has 1 aromatic carbocycles. The molecule has 0 aliphatic carbocycles. The van der Waals surface area contributed by atoms with Crippen LogP contribution >= 0.6 is 12.2 Å². The Kier molecular flexibility index (Phi) is 4.64. The fourth-order valence-corrected chi connectivity index (χ4v) is 2.13. The number of para-hydroxylation sites is 1. The summed E-state index contributed by atoms with van der Waals surface area (Å²) in [5.74, 6) is -0.525. The first-order valence-corrected chi connectivity index (χ1v) is 7.00. The van der Waals surface area contributed by atoms with E-state index in [1.807, 2.05) is 6.92 Å². The van der Waals surface area contributed by atoms with Gasteiger partial charge >= 0.3 is 0 Å². The average molecular weight is 304 g/mol. The molecular formula is C14H16N4O2S. The number of hydrogen-bond acceptors (Lipinski definition) is 4. The van der Waals surface area contributed by atoms with Crippen LogP contribution in [0.3, 0.4) is 0 Å². The number of aromatic nitrogens is 1.